The Bertz CT molecular complexity index is 1030. The maximum absolute atomic E-state index is 5.43. The summed E-state index contributed by atoms with van der Waals surface area (Å²) in [6.07, 6.45) is 2.15. The third-order valence-corrected chi connectivity index (χ3v) is 4.70. The number of nitrogens with one attached hydrogen (secondary N) is 1. The van der Waals surface area contributed by atoms with Crippen LogP contribution in [-0.4, -0.2) is 32.8 Å². The Balaban J connectivity index is 0.00000225. The lowest BCUT2D eigenvalue weighted by molar-refractivity contribution is 0.370. The standard InChI is InChI=1S/C21H23N5O.ClH/c1-15(22-2)14-19-24-21(27-25-19)13-12-20-23-17-10-6-7-11-18(17)26(20)16-8-4-3-5-9-16;/h3-11,15,22H,12-14H2,1-2H3;1H. The summed E-state index contributed by atoms with van der Waals surface area (Å²) in [7, 11) is 1.93. The summed E-state index contributed by atoms with van der Waals surface area (Å²) in [6.45, 7) is 2.10. The molecule has 0 spiro atoms. The van der Waals surface area contributed by atoms with E-state index >= 15 is 0 Å². The molecule has 1 atom stereocenters. The molecule has 1 N–H and O–H groups in total. The normalized spacial score (nSPS) is 12.1. The predicted molar refractivity (Wildman–Crippen MR) is 112 cm³/mol. The van der Waals surface area contributed by atoms with Gasteiger partial charge in [-0.05, 0) is 38.2 Å². The Kier molecular flexibility index (Phi) is 6.44. The molecule has 7 heteroatoms. The Hall–Kier alpha value is -2.70. The van der Waals surface area contributed by atoms with Crippen molar-refractivity contribution in [3.8, 4) is 5.69 Å². The molecule has 0 amide bonds. The van der Waals surface area contributed by atoms with Crippen molar-refractivity contribution in [3.05, 3.63) is 72.1 Å². The first-order valence-corrected chi connectivity index (χ1v) is 9.25. The van der Waals surface area contributed by atoms with Gasteiger partial charge in [0.2, 0.25) is 5.89 Å². The number of imidazole rings is 1. The van der Waals surface area contributed by atoms with Gasteiger partial charge < -0.3 is 9.84 Å². The van der Waals surface area contributed by atoms with Crippen LogP contribution in [0.4, 0.5) is 0 Å². The highest BCUT2D eigenvalue weighted by Crippen LogP contribution is 2.22. The highest BCUT2D eigenvalue weighted by Gasteiger charge is 2.14. The highest BCUT2D eigenvalue weighted by molar-refractivity contribution is 5.85. The van der Waals surface area contributed by atoms with Crippen LogP contribution in [0.15, 0.2) is 59.1 Å². The fourth-order valence-corrected chi connectivity index (χ4v) is 3.18. The van der Waals surface area contributed by atoms with E-state index in [9.17, 15) is 0 Å². The zero-order valence-corrected chi connectivity index (χ0v) is 16.8. The van der Waals surface area contributed by atoms with E-state index in [0.717, 1.165) is 41.2 Å². The van der Waals surface area contributed by atoms with E-state index in [1.807, 2.05) is 43.4 Å². The number of hydrogen-bond donors (Lipinski definition) is 1. The van der Waals surface area contributed by atoms with E-state index in [1.165, 1.54) is 0 Å². The first-order valence-electron chi connectivity index (χ1n) is 9.25. The number of rotatable bonds is 7. The molecule has 0 radical (unpaired) electrons. The second-order valence-corrected chi connectivity index (χ2v) is 6.69. The van der Waals surface area contributed by atoms with E-state index in [2.05, 4.69) is 45.1 Å². The average Bonchev–Trinajstić information content (AvgIpc) is 3.30. The number of fused-ring (bicyclic) bond motifs is 1. The van der Waals surface area contributed by atoms with Crippen LogP contribution in [-0.2, 0) is 19.3 Å². The minimum atomic E-state index is 0. The molecule has 2 heterocycles. The van der Waals surface area contributed by atoms with E-state index in [0.29, 0.717) is 18.4 Å². The van der Waals surface area contributed by atoms with E-state index in [-0.39, 0.29) is 12.4 Å². The molecule has 1 unspecified atom stereocenters. The molecule has 0 bridgehead atoms. The molecule has 2 aromatic heterocycles. The topological polar surface area (TPSA) is 68.8 Å². The van der Waals surface area contributed by atoms with Gasteiger partial charge in [0.25, 0.3) is 0 Å². The summed E-state index contributed by atoms with van der Waals surface area (Å²) >= 11 is 0. The van der Waals surface area contributed by atoms with Crippen molar-refractivity contribution in [3.63, 3.8) is 0 Å². The first-order chi connectivity index (χ1) is 13.2. The fraction of sp³-hybridized carbons (Fsp3) is 0.286. The summed E-state index contributed by atoms with van der Waals surface area (Å²) < 4.78 is 7.63. The molecular formula is C21H24ClN5O. The Morgan fingerprint density at radius 3 is 2.54 bits per heavy atom. The van der Waals surface area contributed by atoms with Crippen molar-refractivity contribution in [2.75, 3.05) is 7.05 Å². The monoisotopic (exact) mass is 397 g/mol. The van der Waals surface area contributed by atoms with E-state index < -0.39 is 0 Å². The van der Waals surface area contributed by atoms with Crippen LogP contribution < -0.4 is 5.32 Å². The third kappa shape index (κ3) is 4.24. The molecule has 0 aliphatic heterocycles. The number of aromatic nitrogens is 4. The molecule has 2 aromatic carbocycles. The third-order valence-electron chi connectivity index (χ3n) is 4.70. The minimum absolute atomic E-state index is 0. The summed E-state index contributed by atoms with van der Waals surface area (Å²) in [4.78, 5) is 9.35. The van der Waals surface area contributed by atoms with Crippen LogP contribution in [0.25, 0.3) is 16.7 Å². The lowest BCUT2D eigenvalue weighted by Gasteiger charge is -2.08. The molecule has 0 aliphatic rings. The van der Waals surface area contributed by atoms with Gasteiger partial charge in [0.05, 0.1) is 11.0 Å². The van der Waals surface area contributed by atoms with Crippen LogP contribution in [0.3, 0.4) is 0 Å². The Morgan fingerprint density at radius 2 is 1.75 bits per heavy atom. The number of aryl methyl sites for hydroxylation is 2. The Morgan fingerprint density at radius 1 is 1.00 bits per heavy atom. The van der Waals surface area contributed by atoms with Crippen molar-refractivity contribution in [2.45, 2.75) is 32.2 Å². The van der Waals surface area contributed by atoms with Crippen molar-refractivity contribution < 1.29 is 4.52 Å². The van der Waals surface area contributed by atoms with Crippen molar-refractivity contribution in [2.24, 2.45) is 0 Å². The van der Waals surface area contributed by atoms with Crippen LogP contribution in [0, 0.1) is 0 Å². The molecular weight excluding hydrogens is 374 g/mol. The molecule has 4 rings (SSSR count). The summed E-state index contributed by atoms with van der Waals surface area (Å²) in [5.74, 6) is 2.38. The summed E-state index contributed by atoms with van der Waals surface area (Å²) in [5, 5.41) is 7.27. The van der Waals surface area contributed by atoms with Gasteiger partial charge in [0.1, 0.15) is 5.82 Å². The van der Waals surface area contributed by atoms with Gasteiger partial charge in [-0.1, -0.05) is 35.5 Å². The number of nitrogens with zero attached hydrogens (tertiary/aromatic N) is 4. The second-order valence-electron chi connectivity index (χ2n) is 6.69. The van der Waals surface area contributed by atoms with Crippen molar-refractivity contribution in [1.29, 1.82) is 0 Å². The van der Waals surface area contributed by atoms with Gasteiger partial charge in [-0.3, -0.25) is 4.57 Å². The Labute approximate surface area is 170 Å². The average molecular weight is 398 g/mol. The number of para-hydroxylation sites is 3. The fourth-order valence-electron chi connectivity index (χ4n) is 3.18. The van der Waals surface area contributed by atoms with Gasteiger partial charge in [0.15, 0.2) is 5.82 Å². The van der Waals surface area contributed by atoms with Crippen molar-refractivity contribution >= 4 is 23.4 Å². The first kappa shape index (κ1) is 20.0. The lowest BCUT2D eigenvalue weighted by atomic mass is 10.2. The maximum Gasteiger partial charge on any atom is 0.227 e. The maximum atomic E-state index is 5.43. The molecule has 4 aromatic rings. The van der Waals surface area contributed by atoms with Crippen LogP contribution in [0.2, 0.25) is 0 Å². The van der Waals surface area contributed by atoms with Gasteiger partial charge in [-0.25, -0.2) is 4.98 Å². The molecule has 0 fully saturated rings. The van der Waals surface area contributed by atoms with Crippen LogP contribution in [0.5, 0.6) is 0 Å². The summed E-state index contributed by atoms with van der Waals surface area (Å²) in [5.41, 5.74) is 3.20. The largest absolute Gasteiger partial charge is 0.339 e. The zero-order valence-electron chi connectivity index (χ0n) is 16.0. The molecule has 6 nitrogen and oxygen atoms in total. The van der Waals surface area contributed by atoms with Gasteiger partial charge in [-0.2, -0.15) is 4.98 Å². The molecule has 0 aliphatic carbocycles. The number of halogens is 1. The van der Waals surface area contributed by atoms with Gasteiger partial charge >= 0.3 is 0 Å². The van der Waals surface area contributed by atoms with Crippen molar-refractivity contribution in [1.82, 2.24) is 25.0 Å². The molecule has 146 valence electrons. The number of hydrogen-bond acceptors (Lipinski definition) is 5. The van der Waals surface area contributed by atoms with Crippen LogP contribution >= 0.6 is 12.4 Å². The smallest absolute Gasteiger partial charge is 0.227 e. The van der Waals surface area contributed by atoms with Gasteiger partial charge in [0, 0.05) is 31.0 Å². The molecule has 28 heavy (non-hydrogen) atoms. The number of benzene rings is 2. The predicted octanol–water partition coefficient (Wildman–Crippen LogP) is 3.77. The summed E-state index contributed by atoms with van der Waals surface area (Å²) in [6, 6.07) is 18.8. The van der Waals surface area contributed by atoms with E-state index in [4.69, 9.17) is 9.51 Å². The highest BCUT2D eigenvalue weighted by atomic mass is 35.5. The number of likely N-dealkylation sites (N-methyl/N-ethyl adjacent to an activating group) is 1. The zero-order chi connectivity index (χ0) is 18.6. The lowest BCUT2D eigenvalue weighted by Crippen LogP contribution is -2.24. The van der Waals surface area contributed by atoms with Gasteiger partial charge in [-0.15, -0.1) is 12.4 Å². The van der Waals surface area contributed by atoms with E-state index in [1.54, 1.807) is 0 Å². The second kappa shape index (κ2) is 8.99. The SMILES string of the molecule is CNC(C)Cc1noc(CCc2nc3ccccc3n2-c2ccccc2)n1.Cl. The molecule has 0 saturated carbocycles. The minimum Gasteiger partial charge on any atom is -0.339 e. The van der Waals surface area contributed by atoms with Crippen LogP contribution in [0.1, 0.15) is 24.5 Å². The quantitative estimate of drug-likeness (QED) is 0.514. The molecule has 0 saturated heterocycles.